The van der Waals surface area contributed by atoms with Crippen LogP contribution in [0.25, 0.3) is 0 Å². The number of benzene rings is 1. The van der Waals surface area contributed by atoms with Crippen molar-refractivity contribution in [2.75, 3.05) is 13.2 Å². The van der Waals surface area contributed by atoms with Gasteiger partial charge in [-0.1, -0.05) is 0 Å². The van der Waals surface area contributed by atoms with Crippen LogP contribution in [0.4, 0.5) is 0 Å². The summed E-state index contributed by atoms with van der Waals surface area (Å²) in [5, 5.41) is 17.6. The summed E-state index contributed by atoms with van der Waals surface area (Å²) in [5.41, 5.74) is 0. The molecule has 0 aliphatic carbocycles. The van der Waals surface area contributed by atoms with Crippen molar-refractivity contribution in [1.29, 1.82) is 0 Å². The van der Waals surface area contributed by atoms with Crippen molar-refractivity contribution < 1.29 is 79.3 Å². The first-order valence-electron chi connectivity index (χ1n) is 4.34. The fourth-order valence-corrected chi connectivity index (χ4v) is 1.56. The van der Waals surface area contributed by atoms with Gasteiger partial charge in [0.15, 0.2) is 0 Å². The van der Waals surface area contributed by atoms with Gasteiger partial charge in [0.1, 0.15) is 12.7 Å². The summed E-state index contributed by atoms with van der Waals surface area (Å²) in [5.74, 6) is -0.103. The topological polar surface area (TPSA) is 104 Å². The molecule has 0 saturated carbocycles. The number of hydrogen-bond donors (Lipinski definition) is 3. The molecular weight excluding hydrogens is 275 g/mol. The standard InChI is InChI=1S/C9H11O6S.K/c10-5-7(11)6-15-8-3-1-2-4-9(8)16(12,13)14;/h1,3-4,7,10-11H,5-6H2,(H,12,13,14);/q-1;+1. The Morgan fingerprint density at radius 1 is 1.47 bits per heavy atom. The van der Waals surface area contributed by atoms with E-state index in [1.165, 1.54) is 12.1 Å². The molecule has 0 aliphatic rings. The van der Waals surface area contributed by atoms with Crippen molar-refractivity contribution in [1.82, 2.24) is 0 Å². The zero-order valence-corrected chi connectivity index (χ0v) is 13.1. The van der Waals surface area contributed by atoms with Crippen LogP contribution >= 0.6 is 0 Å². The second-order valence-corrected chi connectivity index (χ2v) is 4.39. The van der Waals surface area contributed by atoms with E-state index in [1.807, 2.05) is 0 Å². The summed E-state index contributed by atoms with van der Waals surface area (Å²) in [7, 11) is -4.39. The van der Waals surface area contributed by atoms with Crippen LogP contribution in [0, 0.1) is 6.07 Å². The molecule has 0 fully saturated rings. The van der Waals surface area contributed by atoms with Gasteiger partial charge in [0.25, 0.3) is 0 Å². The van der Waals surface area contributed by atoms with Crippen LogP contribution in [0.3, 0.4) is 0 Å². The molecule has 1 aromatic rings. The third kappa shape index (κ3) is 5.77. The zero-order valence-electron chi connectivity index (χ0n) is 9.20. The van der Waals surface area contributed by atoms with Crippen LogP contribution in [0.15, 0.2) is 23.1 Å². The number of ether oxygens (including phenoxy) is 1. The predicted molar refractivity (Wildman–Crippen MR) is 53.7 cm³/mol. The second-order valence-electron chi connectivity index (χ2n) is 3.00. The molecule has 6 nitrogen and oxygen atoms in total. The van der Waals surface area contributed by atoms with E-state index in [0.717, 1.165) is 6.07 Å². The van der Waals surface area contributed by atoms with Gasteiger partial charge in [-0.05, 0) is 0 Å². The maximum atomic E-state index is 10.9. The molecule has 0 amide bonds. The van der Waals surface area contributed by atoms with Gasteiger partial charge in [0, 0.05) is 10.6 Å². The fourth-order valence-electron chi connectivity index (χ4n) is 0.960. The van der Waals surface area contributed by atoms with Gasteiger partial charge < -0.3 is 14.9 Å². The molecule has 90 valence electrons. The third-order valence-corrected chi connectivity index (χ3v) is 2.58. The van der Waals surface area contributed by atoms with Crippen molar-refractivity contribution in [2.24, 2.45) is 0 Å². The first kappa shape index (κ1) is 17.5. The largest absolute Gasteiger partial charge is 1.00 e. The first-order valence-corrected chi connectivity index (χ1v) is 5.78. The minimum Gasteiger partial charge on any atom is -0.515 e. The number of aliphatic hydroxyl groups is 2. The molecule has 1 unspecified atom stereocenters. The maximum absolute atomic E-state index is 10.9. The fraction of sp³-hybridized carbons (Fsp3) is 0.333. The minimum atomic E-state index is -4.39. The molecule has 1 rings (SSSR count). The van der Waals surface area contributed by atoms with E-state index >= 15 is 0 Å². The molecule has 0 saturated heterocycles. The SMILES string of the molecule is O=S(=O)(O)c1c[c-]ccc1OCC(O)CO.[K+]. The van der Waals surface area contributed by atoms with Crippen molar-refractivity contribution in [2.45, 2.75) is 11.0 Å². The van der Waals surface area contributed by atoms with Crippen LogP contribution in [-0.4, -0.2) is 42.5 Å². The van der Waals surface area contributed by atoms with Crippen molar-refractivity contribution >= 4 is 10.1 Å². The van der Waals surface area contributed by atoms with Gasteiger partial charge in [0.2, 0.25) is 10.1 Å². The third-order valence-electron chi connectivity index (χ3n) is 1.71. The van der Waals surface area contributed by atoms with E-state index in [4.69, 9.17) is 19.5 Å². The molecule has 1 atom stereocenters. The Kier molecular flexibility index (Phi) is 8.04. The van der Waals surface area contributed by atoms with E-state index in [9.17, 15) is 8.42 Å². The summed E-state index contributed by atoms with van der Waals surface area (Å²) >= 11 is 0. The average Bonchev–Trinajstić information content (AvgIpc) is 2.25. The molecule has 3 N–H and O–H groups in total. The molecule has 0 spiro atoms. The molecule has 0 aliphatic heterocycles. The Hall–Kier alpha value is 0.486. The molecule has 17 heavy (non-hydrogen) atoms. The average molecular weight is 286 g/mol. The van der Waals surface area contributed by atoms with E-state index in [-0.39, 0.29) is 63.7 Å². The Morgan fingerprint density at radius 3 is 2.65 bits per heavy atom. The summed E-state index contributed by atoms with van der Waals surface area (Å²) in [6, 6.07) is 6.21. The monoisotopic (exact) mass is 286 g/mol. The van der Waals surface area contributed by atoms with E-state index in [1.54, 1.807) is 0 Å². The summed E-state index contributed by atoms with van der Waals surface area (Å²) in [6.45, 7) is -0.775. The van der Waals surface area contributed by atoms with Crippen LogP contribution in [0.5, 0.6) is 5.75 Å². The minimum absolute atomic E-state index is 0. The quantitative estimate of drug-likeness (QED) is 0.294. The van der Waals surface area contributed by atoms with E-state index in [0.29, 0.717) is 0 Å². The van der Waals surface area contributed by atoms with Gasteiger partial charge in [-0.3, -0.25) is 4.55 Å². The van der Waals surface area contributed by atoms with Gasteiger partial charge in [-0.25, -0.2) is 8.42 Å². The molecule has 0 heterocycles. The van der Waals surface area contributed by atoms with Crippen LogP contribution in [-0.2, 0) is 10.1 Å². The van der Waals surface area contributed by atoms with Gasteiger partial charge in [-0.2, -0.15) is 18.2 Å². The Morgan fingerprint density at radius 2 is 2.12 bits per heavy atom. The van der Waals surface area contributed by atoms with Crippen molar-refractivity contribution in [3.63, 3.8) is 0 Å². The molecule has 0 aromatic heterocycles. The van der Waals surface area contributed by atoms with Crippen molar-refractivity contribution in [3.05, 3.63) is 24.3 Å². The summed E-state index contributed by atoms with van der Waals surface area (Å²) < 4.78 is 35.6. The smallest absolute Gasteiger partial charge is 0.515 e. The van der Waals surface area contributed by atoms with Crippen molar-refractivity contribution in [3.8, 4) is 5.75 Å². The Labute approximate surface area is 142 Å². The van der Waals surface area contributed by atoms with Gasteiger partial charge in [0.05, 0.1) is 6.61 Å². The molecule has 0 radical (unpaired) electrons. The molecular formula is C9H11KO6S. The van der Waals surface area contributed by atoms with Crippen LogP contribution in [0.1, 0.15) is 0 Å². The Balaban J connectivity index is 0.00000256. The molecule has 0 bridgehead atoms. The summed E-state index contributed by atoms with van der Waals surface area (Å²) in [6.07, 6.45) is -1.11. The number of rotatable bonds is 5. The van der Waals surface area contributed by atoms with E-state index in [2.05, 4.69) is 6.07 Å². The maximum Gasteiger partial charge on any atom is 1.00 e. The number of hydrogen-bond acceptors (Lipinski definition) is 5. The van der Waals surface area contributed by atoms with Crippen LogP contribution < -0.4 is 56.1 Å². The van der Waals surface area contributed by atoms with Gasteiger partial charge in [-0.15, -0.1) is 6.07 Å². The van der Waals surface area contributed by atoms with Crippen LogP contribution in [0.2, 0.25) is 0 Å². The molecule has 1 aromatic carbocycles. The molecule has 8 heteroatoms. The van der Waals surface area contributed by atoms with E-state index < -0.39 is 27.7 Å². The first-order chi connectivity index (χ1) is 7.45. The summed E-state index contributed by atoms with van der Waals surface area (Å²) in [4.78, 5) is -0.430. The zero-order chi connectivity index (χ0) is 12.2. The normalized spacial score (nSPS) is 12.6. The second kappa shape index (κ2) is 7.82. The van der Waals surface area contributed by atoms with Gasteiger partial charge >= 0.3 is 51.4 Å². The number of aliphatic hydroxyl groups excluding tert-OH is 2. The Bertz CT molecular complexity index is 447. The predicted octanol–water partition coefficient (Wildman–Crippen LogP) is -3.53.